The van der Waals surface area contributed by atoms with Crippen molar-refractivity contribution >= 4 is 39.1 Å². The van der Waals surface area contributed by atoms with Crippen LogP contribution in [-0.2, 0) is 0 Å². The van der Waals surface area contributed by atoms with Crippen LogP contribution in [0.15, 0.2) is 71.2 Å². The van der Waals surface area contributed by atoms with E-state index in [1.165, 1.54) is 0 Å². The third kappa shape index (κ3) is 4.01. The van der Waals surface area contributed by atoms with Crippen LogP contribution in [0.2, 0.25) is 5.02 Å². The van der Waals surface area contributed by atoms with Crippen molar-refractivity contribution in [1.29, 1.82) is 0 Å². The normalized spacial score (nSPS) is 10.8. The first-order valence-electron chi connectivity index (χ1n) is 9.29. The van der Waals surface area contributed by atoms with Gasteiger partial charge in [-0.15, -0.1) is 5.10 Å². The molecule has 3 aromatic carbocycles. The molecule has 0 saturated heterocycles. The monoisotopic (exact) mass is 480 g/mol. The maximum atomic E-state index is 12.9. The molecule has 0 fully saturated rings. The van der Waals surface area contributed by atoms with Crippen molar-refractivity contribution in [3.63, 3.8) is 0 Å². The largest absolute Gasteiger partial charge is 0.318 e. The van der Waals surface area contributed by atoms with E-state index in [2.05, 4.69) is 31.3 Å². The molecule has 1 amide bonds. The zero-order chi connectivity index (χ0) is 21.3. The highest BCUT2D eigenvalue weighted by atomic mass is 79.9. The molecule has 1 aromatic heterocycles. The van der Waals surface area contributed by atoms with Gasteiger partial charge in [-0.1, -0.05) is 63.9 Å². The summed E-state index contributed by atoms with van der Waals surface area (Å²) in [6.07, 6.45) is 0. The fourth-order valence-corrected chi connectivity index (χ4v) is 3.52. The zero-order valence-electron chi connectivity index (χ0n) is 16.4. The Morgan fingerprint density at radius 2 is 1.73 bits per heavy atom. The molecule has 4 aromatic rings. The number of aryl methyl sites for hydroxylation is 1. The molecule has 0 saturated carbocycles. The van der Waals surface area contributed by atoms with Gasteiger partial charge in [0.15, 0.2) is 5.82 Å². The summed E-state index contributed by atoms with van der Waals surface area (Å²) in [5, 5.41) is 7.79. The summed E-state index contributed by atoms with van der Waals surface area (Å²) in [5.41, 5.74) is 4.43. The molecule has 30 heavy (non-hydrogen) atoms. The maximum absolute atomic E-state index is 12.9. The number of nitrogens with one attached hydrogen (secondary N) is 1. The number of benzene rings is 3. The Hall–Kier alpha value is -2.96. The second-order valence-electron chi connectivity index (χ2n) is 6.83. The van der Waals surface area contributed by atoms with Crippen LogP contribution in [0.25, 0.3) is 17.1 Å². The van der Waals surface area contributed by atoms with Crippen LogP contribution in [0.3, 0.4) is 0 Å². The molecular weight excluding hydrogens is 464 g/mol. The van der Waals surface area contributed by atoms with Crippen molar-refractivity contribution < 1.29 is 4.79 Å². The molecule has 0 aliphatic heterocycles. The minimum absolute atomic E-state index is 0.0637. The Labute approximate surface area is 187 Å². The first-order chi connectivity index (χ1) is 14.4. The summed E-state index contributed by atoms with van der Waals surface area (Å²) < 4.78 is 2.67. The summed E-state index contributed by atoms with van der Waals surface area (Å²) in [6, 6.07) is 20.8. The van der Waals surface area contributed by atoms with Crippen molar-refractivity contribution in [2.45, 2.75) is 13.8 Å². The van der Waals surface area contributed by atoms with E-state index in [0.29, 0.717) is 16.5 Å². The first kappa shape index (κ1) is 20.3. The van der Waals surface area contributed by atoms with Crippen molar-refractivity contribution in [2.24, 2.45) is 0 Å². The Bertz CT molecular complexity index is 1230. The van der Waals surface area contributed by atoms with Crippen molar-refractivity contribution in [3.05, 3.63) is 93.2 Å². The molecule has 1 N–H and O–H groups in total. The molecule has 4 rings (SSSR count). The number of carbonyl (C=O) groups is 1. The minimum atomic E-state index is -0.425. The Kier molecular flexibility index (Phi) is 5.70. The van der Waals surface area contributed by atoms with E-state index in [1.54, 1.807) is 28.9 Å². The van der Waals surface area contributed by atoms with Gasteiger partial charge >= 0.3 is 0 Å². The fourth-order valence-electron chi connectivity index (χ4n) is 3.07. The second kappa shape index (κ2) is 8.42. The molecule has 0 spiro atoms. The Balaban J connectivity index is 1.81. The number of hydrogen-bond donors (Lipinski definition) is 1. The highest BCUT2D eigenvalue weighted by Gasteiger charge is 2.20. The quantitative estimate of drug-likeness (QED) is 0.376. The van der Waals surface area contributed by atoms with E-state index in [-0.39, 0.29) is 5.82 Å². The summed E-state index contributed by atoms with van der Waals surface area (Å²) in [7, 11) is 0. The summed E-state index contributed by atoms with van der Waals surface area (Å²) >= 11 is 9.63. The average Bonchev–Trinajstić information content (AvgIpc) is 3.17. The maximum Gasteiger partial charge on any atom is 0.295 e. The molecule has 0 radical (unpaired) electrons. The summed E-state index contributed by atoms with van der Waals surface area (Å²) in [6.45, 7) is 4.07. The lowest BCUT2D eigenvalue weighted by atomic mass is 10.1. The molecule has 0 aliphatic rings. The standard InChI is InChI=1S/C23H18BrClN4O/c1-14-6-5-9-20(15(14)2)29-22(16-10-12-17(24)13-11-16)27-21(28-29)23(30)26-19-8-4-3-7-18(19)25/h3-13H,1-2H3,(H,26,30). The van der Waals surface area contributed by atoms with Crippen LogP contribution in [0.1, 0.15) is 21.7 Å². The van der Waals surface area contributed by atoms with E-state index >= 15 is 0 Å². The van der Waals surface area contributed by atoms with E-state index in [9.17, 15) is 4.79 Å². The molecule has 150 valence electrons. The number of hydrogen-bond acceptors (Lipinski definition) is 3. The SMILES string of the molecule is Cc1cccc(-n2nc(C(=O)Nc3ccccc3Cl)nc2-c2ccc(Br)cc2)c1C. The van der Waals surface area contributed by atoms with Crippen LogP contribution in [-0.4, -0.2) is 20.7 Å². The number of rotatable bonds is 4. The van der Waals surface area contributed by atoms with Gasteiger partial charge in [0.2, 0.25) is 5.82 Å². The van der Waals surface area contributed by atoms with Gasteiger partial charge in [0.05, 0.1) is 16.4 Å². The van der Waals surface area contributed by atoms with Crippen LogP contribution in [0, 0.1) is 13.8 Å². The van der Waals surface area contributed by atoms with Crippen LogP contribution >= 0.6 is 27.5 Å². The van der Waals surface area contributed by atoms with Crippen LogP contribution in [0.4, 0.5) is 5.69 Å². The van der Waals surface area contributed by atoms with Gasteiger partial charge in [0.1, 0.15) is 0 Å². The molecule has 7 heteroatoms. The smallest absolute Gasteiger partial charge is 0.295 e. The van der Waals surface area contributed by atoms with E-state index in [4.69, 9.17) is 11.6 Å². The lowest BCUT2D eigenvalue weighted by molar-refractivity contribution is 0.101. The van der Waals surface area contributed by atoms with E-state index < -0.39 is 5.91 Å². The average molecular weight is 482 g/mol. The van der Waals surface area contributed by atoms with Gasteiger partial charge in [-0.05, 0) is 55.3 Å². The first-order valence-corrected chi connectivity index (χ1v) is 10.5. The van der Waals surface area contributed by atoms with E-state index in [1.807, 2.05) is 56.3 Å². The topological polar surface area (TPSA) is 59.8 Å². The van der Waals surface area contributed by atoms with Crippen molar-refractivity contribution in [2.75, 3.05) is 5.32 Å². The fraction of sp³-hybridized carbons (Fsp3) is 0.0870. The number of carbonyl (C=O) groups excluding carboxylic acids is 1. The van der Waals surface area contributed by atoms with Gasteiger partial charge in [-0.3, -0.25) is 4.79 Å². The lowest BCUT2D eigenvalue weighted by Gasteiger charge is -2.11. The number of amides is 1. The highest BCUT2D eigenvalue weighted by molar-refractivity contribution is 9.10. The Morgan fingerprint density at radius 3 is 2.47 bits per heavy atom. The third-order valence-electron chi connectivity index (χ3n) is 4.84. The summed E-state index contributed by atoms with van der Waals surface area (Å²) in [5.74, 6) is 0.222. The van der Waals surface area contributed by atoms with Crippen molar-refractivity contribution in [3.8, 4) is 17.1 Å². The second-order valence-corrected chi connectivity index (χ2v) is 8.15. The van der Waals surface area contributed by atoms with E-state index in [0.717, 1.165) is 26.9 Å². The molecule has 5 nitrogen and oxygen atoms in total. The van der Waals surface area contributed by atoms with Crippen LogP contribution in [0.5, 0.6) is 0 Å². The molecule has 0 unspecified atom stereocenters. The third-order valence-corrected chi connectivity index (χ3v) is 5.70. The number of nitrogens with zero attached hydrogens (tertiary/aromatic N) is 3. The molecule has 0 bridgehead atoms. The van der Waals surface area contributed by atoms with Gasteiger partial charge in [-0.2, -0.15) is 0 Å². The molecule has 0 aliphatic carbocycles. The van der Waals surface area contributed by atoms with Gasteiger partial charge < -0.3 is 5.32 Å². The van der Waals surface area contributed by atoms with Gasteiger partial charge in [-0.25, -0.2) is 9.67 Å². The highest BCUT2D eigenvalue weighted by Crippen LogP contribution is 2.26. The van der Waals surface area contributed by atoms with Crippen molar-refractivity contribution in [1.82, 2.24) is 14.8 Å². The zero-order valence-corrected chi connectivity index (χ0v) is 18.7. The minimum Gasteiger partial charge on any atom is -0.318 e. The molecular formula is C23H18BrClN4O. The molecule has 0 atom stereocenters. The number of aromatic nitrogens is 3. The predicted octanol–water partition coefficient (Wildman–Crippen LogP) is 6.22. The molecule has 1 heterocycles. The summed E-state index contributed by atoms with van der Waals surface area (Å²) in [4.78, 5) is 17.4. The van der Waals surface area contributed by atoms with Gasteiger partial charge in [0, 0.05) is 10.0 Å². The lowest BCUT2D eigenvalue weighted by Crippen LogP contribution is -2.14. The Morgan fingerprint density at radius 1 is 1.00 bits per heavy atom. The predicted molar refractivity (Wildman–Crippen MR) is 123 cm³/mol. The number of para-hydroxylation sites is 1. The van der Waals surface area contributed by atoms with Gasteiger partial charge in [0.25, 0.3) is 5.91 Å². The number of halogens is 2. The number of anilines is 1. The van der Waals surface area contributed by atoms with Crippen LogP contribution < -0.4 is 5.32 Å².